The molecule has 0 fully saturated rings. The maximum absolute atomic E-state index is 13.0. The number of carbonyl (C=O) groups excluding carboxylic acids is 1. The van der Waals surface area contributed by atoms with E-state index in [4.69, 9.17) is 16.3 Å². The van der Waals surface area contributed by atoms with Gasteiger partial charge in [-0.3, -0.25) is 4.79 Å². The van der Waals surface area contributed by atoms with Crippen LogP contribution < -0.4 is 0 Å². The minimum absolute atomic E-state index is 0.0789. The smallest absolute Gasteiger partial charge is 0.416 e. The van der Waals surface area contributed by atoms with Crippen LogP contribution in [0.5, 0.6) is 0 Å². The molecule has 3 rings (SSSR count). The van der Waals surface area contributed by atoms with E-state index in [0.29, 0.717) is 10.6 Å². The van der Waals surface area contributed by atoms with E-state index >= 15 is 0 Å². The van der Waals surface area contributed by atoms with Crippen molar-refractivity contribution in [3.8, 4) is 0 Å². The van der Waals surface area contributed by atoms with Crippen LogP contribution in [-0.2, 0) is 28.7 Å². The van der Waals surface area contributed by atoms with Crippen LogP contribution in [0.3, 0.4) is 0 Å². The first kappa shape index (κ1) is 23.8. The van der Waals surface area contributed by atoms with E-state index in [1.165, 1.54) is 13.2 Å². The zero-order valence-electron chi connectivity index (χ0n) is 17.7. The number of carbonyl (C=O) groups is 1. The SMILES string of the molecule is CC.COC(=O)Cc1c(C)n(Cc2cccc(C(F)(F)F)c2)c2cc(Cl)c(C)cc12. The summed E-state index contributed by atoms with van der Waals surface area (Å²) in [5.41, 5.74) is 3.02. The lowest BCUT2D eigenvalue weighted by atomic mass is 10.1. The molecule has 0 unspecified atom stereocenters. The van der Waals surface area contributed by atoms with Gasteiger partial charge in [-0.1, -0.05) is 37.6 Å². The quantitative estimate of drug-likeness (QED) is 0.422. The number of hydrogen-bond donors (Lipinski definition) is 0. The van der Waals surface area contributed by atoms with Crippen LogP contribution in [-0.4, -0.2) is 17.6 Å². The number of aromatic nitrogens is 1. The fourth-order valence-corrected chi connectivity index (χ4v) is 3.50. The molecule has 0 saturated carbocycles. The molecule has 162 valence electrons. The molecule has 0 radical (unpaired) electrons. The van der Waals surface area contributed by atoms with Gasteiger partial charge in [-0.25, -0.2) is 0 Å². The second-order valence-corrected chi connectivity index (χ2v) is 7.13. The van der Waals surface area contributed by atoms with Gasteiger partial charge in [-0.15, -0.1) is 0 Å². The third-order valence-corrected chi connectivity index (χ3v) is 5.29. The van der Waals surface area contributed by atoms with Crippen LogP contribution in [0.4, 0.5) is 13.2 Å². The van der Waals surface area contributed by atoms with Crippen molar-refractivity contribution in [2.24, 2.45) is 0 Å². The van der Waals surface area contributed by atoms with Crippen LogP contribution in [0.15, 0.2) is 36.4 Å². The third kappa shape index (κ3) is 4.98. The number of esters is 1. The van der Waals surface area contributed by atoms with Gasteiger partial charge in [0.1, 0.15) is 0 Å². The van der Waals surface area contributed by atoms with Crippen molar-refractivity contribution in [2.45, 2.75) is 46.8 Å². The molecule has 1 heterocycles. The number of fused-ring (bicyclic) bond motifs is 1. The van der Waals surface area contributed by atoms with E-state index in [9.17, 15) is 18.0 Å². The summed E-state index contributed by atoms with van der Waals surface area (Å²) in [5, 5.41) is 1.40. The Balaban J connectivity index is 0.00000155. The fourth-order valence-electron chi connectivity index (χ4n) is 3.35. The molecule has 0 N–H and O–H groups in total. The predicted octanol–water partition coefficient (Wildman–Crippen LogP) is 6.72. The Hall–Kier alpha value is -2.47. The Morgan fingerprint density at radius 3 is 2.40 bits per heavy atom. The lowest BCUT2D eigenvalue weighted by molar-refractivity contribution is -0.140. The monoisotopic (exact) mass is 439 g/mol. The van der Waals surface area contributed by atoms with Gasteiger partial charge in [0.25, 0.3) is 0 Å². The molecule has 7 heteroatoms. The highest BCUT2D eigenvalue weighted by Gasteiger charge is 2.30. The van der Waals surface area contributed by atoms with Crippen LogP contribution in [0, 0.1) is 13.8 Å². The van der Waals surface area contributed by atoms with E-state index < -0.39 is 11.7 Å². The Kier molecular flexibility index (Phi) is 7.59. The minimum atomic E-state index is -4.40. The predicted molar refractivity (Wildman–Crippen MR) is 114 cm³/mol. The molecule has 3 aromatic rings. The topological polar surface area (TPSA) is 31.2 Å². The summed E-state index contributed by atoms with van der Waals surface area (Å²) >= 11 is 6.29. The van der Waals surface area contributed by atoms with Crippen LogP contribution in [0.25, 0.3) is 10.9 Å². The van der Waals surface area contributed by atoms with Gasteiger partial charge in [0.2, 0.25) is 0 Å². The molecule has 0 bridgehead atoms. The first-order valence-electron chi connectivity index (χ1n) is 9.62. The molecule has 3 nitrogen and oxygen atoms in total. The first-order chi connectivity index (χ1) is 14.1. The number of aryl methyl sites for hydroxylation is 1. The van der Waals surface area contributed by atoms with E-state index in [1.54, 1.807) is 12.1 Å². The lowest BCUT2D eigenvalue weighted by Gasteiger charge is -2.12. The Labute approximate surface area is 179 Å². The summed E-state index contributed by atoms with van der Waals surface area (Å²) in [4.78, 5) is 11.9. The number of halogens is 4. The summed E-state index contributed by atoms with van der Waals surface area (Å²) in [7, 11) is 1.32. The van der Waals surface area contributed by atoms with Gasteiger partial charge in [-0.2, -0.15) is 13.2 Å². The summed E-state index contributed by atoms with van der Waals surface area (Å²) in [5.74, 6) is -0.381. The number of rotatable bonds is 4. The summed E-state index contributed by atoms with van der Waals surface area (Å²) in [6, 6.07) is 8.91. The Morgan fingerprint density at radius 2 is 1.80 bits per heavy atom. The maximum atomic E-state index is 13.0. The average Bonchev–Trinajstić information content (AvgIpc) is 2.94. The zero-order valence-corrected chi connectivity index (χ0v) is 18.4. The number of methoxy groups -OCH3 is 1. The number of nitrogens with zero attached hydrogens (tertiary/aromatic N) is 1. The van der Waals surface area contributed by atoms with Gasteiger partial charge >= 0.3 is 12.1 Å². The van der Waals surface area contributed by atoms with Gasteiger partial charge < -0.3 is 9.30 Å². The zero-order chi connectivity index (χ0) is 22.6. The van der Waals surface area contributed by atoms with E-state index in [-0.39, 0.29) is 18.9 Å². The molecule has 0 aliphatic heterocycles. The Morgan fingerprint density at radius 1 is 1.13 bits per heavy atom. The molecular weight excluding hydrogens is 415 g/mol. The second kappa shape index (κ2) is 9.56. The van der Waals surface area contributed by atoms with Crippen molar-refractivity contribution in [3.63, 3.8) is 0 Å². The van der Waals surface area contributed by atoms with Gasteiger partial charge in [0.05, 0.1) is 24.6 Å². The molecule has 0 amide bonds. The first-order valence-corrected chi connectivity index (χ1v) is 10.0. The molecule has 1 aromatic heterocycles. The third-order valence-electron chi connectivity index (χ3n) is 4.88. The molecule has 0 saturated heterocycles. The summed E-state index contributed by atoms with van der Waals surface area (Å²) in [6.45, 7) is 7.94. The van der Waals surface area contributed by atoms with Gasteiger partial charge in [0.15, 0.2) is 0 Å². The molecule has 0 aliphatic rings. The van der Waals surface area contributed by atoms with Crippen molar-refractivity contribution in [1.82, 2.24) is 4.57 Å². The molecular formula is C23H25ClF3NO2. The number of benzene rings is 2. The normalized spacial score (nSPS) is 11.2. The van der Waals surface area contributed by atoms with Gasteiger partial charge in [0, 0.05) is 22.6 Å². The second-order valence-electron chi connectivity index (χ2n) is 6.72. The number of alkyl halides is 3. The van der Waals surface area contributed by atoms with Crippen LogP contribution >= 0.6 is 11.6 Å². The van der Waals surface area contributed by atoms with E-state index in [0.717, 1.165) is 39.9 Å². The highest BCUT2D eigenvalue weighted by atomic mass is 35.5. The van der Waals surface area contributed by atoms with Crippen molar-refractivity contribution < 1.29 is 22.7 Å². The van der Waals surface area contributed by atoms with Crippen molar-refractivity contribution >= 4 is 28.5 Å². The lowest BCUT2D eigenvalue weighted by Crippen LogP contribution is -2.08. The molecule has 0 aliphatic carbocycles. The highest BCUT2D eigenvalue weighted by Crippen LogP contribution is 2.33. The number of hydrogen-bond acceptors (Lipinski definition) is 2. The molecule has 0 atom stereocenters. The summed E-state index contributed by atoms with van der Waals surface area (Å²) in [6.07, 6.45) is -4.32. The molecule has 2 aromatic carbocycles. The largest absolute Gasteiger partial charge is 0.469 e. The Bertz CT molecular complexity index is 1050. The minimum Gasteiger partial charge on any atom is -0.469 e. The van der Waals surface area contributed by atoms with Gasteiger partial charge in [-0.05, 0) is 54.8 Å². The average molecular weight is 440 g/mol. The van der Waals surface area contributed by atoms with Crippen molar-refractivity contribution in [3.05, 3.63) is 69.4 Å². The summed E-state index contributed by atoms with van der Waals surface area (Å²) < 4.78 is 45.8. The van der Waals surface area contributed by atoms with Crippen LogP contribution in [0.1, 0.15) is 41.8 Å². The molecule has 0 spiro atoms. The maximum Gasteiger partial charge on any atom is 0.416 e. The van der Waals surface area contributed by atoms with Crippen molar-refractivity contribution in [2.75, 3.05) is 7.11 Å². The van der Waals surface area contributed by atoms with Crippen molar-refractivity contribution in [1.29, 1.82) is 0 Å². The van der Waals surface area contributed by atoms with E-state index in [2.05, 4.69) is 0 Å². The highest BCUT2D eigenvalue weighted by molar-refractivity contribution is 6.32. The number of ether oxygens (including phenoxy) is 1. The molecule has 30 heavy (non-hydrogen) atoms. The fraction of sp³-hybridized carbons (Fsp3) is 0.348. The van der Waals surface area contributed by atoms with E-state index in [1.807, 2.05) is 38.3 Å². The standard InChI is InChI=1S/C21H19ClF3NO2.C2H6/c1-12-7-17-16(9-20(27)28-3)13(2)26(19(17)10-18(12)22)11-14-5-4-6-15(8-14)21(23,24)25;1-2/h4-8,10H,9,11H2,1-3H3;1-2H3. The van der Waals surface area contributed by atoms with Crippen LogP contribution in [0.2, 0.25) is 5.02 Å².